The van der Waals surface area contributed by atoms with Crippen molar-refractivity contribution in [3.05, 3.63) is 29.8 Å². The fourth-order valence-electron chi connectivity index (χ4n) is 4.26. The topological polar surface area (TPSA) is 78.9 Å². The molecule has 3 rings (SSSR count). The summed E-state index contributed by atoms with van der Waals surface area (Å²) < 4.78 is 5.19. The van der Waals surface area contributed by atoms with Crippen molar-refractivity contribution in [3.63, 3.8) is 0 Å². The Kier molecular flexibility index (Phi) is 6.53. The van der Waals surface area contributed by atoms with Crippen molar-refractivity contribution in [2.75, 3.05) is 20.2 Å². The van der Waals surface area contributed by atoms with E-state index in [9.17, 15) is 14.7 Å². The standard InChI is InChI=1S/C19H26N2O4.ClH/c1-13(17(22)20-10-14-5-3-7-16(9-14)25-2)21-11-15-6-4-8-19(15,12-21)18(23)24;/h3,5,7,9,13,15H,4,6,8,10-12H2,1-2H3,(H,20,22)(H,23,24);1H/t13?,15-,19+;/m0./s1. The van der Waals surface area contributed by atoms with Crippen LogP contribution in [-0.4, -0.2) is 48.1 Å². The van der Waals surface area contributed by atoms with Gasteiger partial charge in [0, 0.05) is 19.6 Å². The van der Waals surface area contributed by atoms with E-state index in [1.54, 1.807) is 7.11 Å². The largest absolute Gasteiger partial charge is 0.497 e. The third-order valence-corrected chi connectivity index (χ3v) is 5.85. The van der Waals surface area contributed by atoms with Gasteiger partial charge in [0.2, 0.25) is 5.91 Å². The zero-order chi connectivity index (χ0) is 18.0. The van der Waals surface area contributed by atoms with E-state index in [0.717, 1.165) is 30.6 Å². The first-order chi connectivity index (χ1) is 12.0. The minimum Gasteiger partial charge on any atom is -0.497 e. The molecule has 2 fully saturated rings. The highest BCUT2D eigenvalue weighted by atomic mass is 35.5. The number of likely N-dealkylation sites (tertiary alicyclic amines) is 1. The van der Waals surface area contributed by atoms with Gasteiger partial charge in [0.1, 0.15) is 5.75 Å². The molecule has 1 aromatic rings. The van der Waals surface area contributed by atoms with Gasteiger partial charge >= 0.3 is 5.97 Å². The number of aliphatic carboxylic acids is 1. The van der Waals surface area contributed by atoms with Crippen LogP contribution in [-0.2, 0) is 16.1 Å². The molecule has 7 heteroatoms. The summed E-state index contributed by atoms with van der Waals surface area (Å²) in [6.45, 7) is 3.46. The van der Waals surface area contributed by atoms with Crippen LogP contribution in [0.4, 0.5) is 0 Å². The number of hydrogen-bond donors (Lipinski definition) is 2. The van der Waals surface area contributed by atoms with Gasteiger partial charge in [0.05, 0.1) is 18.6 Å². The Morgan fingerprint density at radius 1 is 1.46 bits per heavy atom. The van der Waals surface area contributed by atoms with Crippen molar-refractivity contribution < 1.29 is 19.4 Å². The summed E-state index contributed by atoms with van der Waals surface area (Å²) in [5.41, 5.74) is 0.321. The van der Waals surface area contributed by atoms with Crippen molar-refractivity contribution in [2.24, 2.45) is 11.3 Å². The fourth-order valence-corrected chi connectivity index (χ4v) is 4.26. The zero-order valence-electron chi connectivity index (χ0n) is 15.2. The Morgan fingerprint density at radius 3 is 2.88 bits per heavy atom. The van der Waals surface area contributed by atoms with E-state index in [2.05, 4.69) is 5.32 Å². The number of carbonyl (C=O) groups is 2. The van der Waals surface area contributed by atoms with Crippen LogP contribution in [0, 0.1) is 11.3 Å². The molecule has 26 heavy (non-hydrogen) atoms. The second-order valence-electron chi connectivity index (χ2n) is 7.23. The normalized spacial score (nSPS) is 25.8. The van der Waals surface area contributed by atoms with E-state index in [0.29, 0.717) is 19.6 Å². The first-order valence-electron chi connectivity index (χ1n) is 8.84. The molecule has 2 N–H and O–H groups in total. The smallest absolute Gasteiger partial charge is 0.311 e. The number of ether oxygens (including phenoxy) is 1. The average Bonchev–Trinajstić information content (AvgIpc) is 3.17. The molecule has 1 saturated heterocycles. The number of rotatable bonds is 6. The monoisotopic (exact) mass is 382 g/mol. The van der Waals surface area contributed by atoms with Crippen LogP contribution in [0.15, 0.2) is 24.3 Å². The van der Waals surface area contributed by atoms with Crippen molar-refractivity contribution >= 4 is 24.3 Å². The number of carbonyl (C=O) groups excluding carboxylic acids is 1. The number of methoxy groups -OCH3 is 1. The van der Waals surface area contributed by atoms with Gasteiger partial charge in [-0.05, 0) is 43.4 Å². The fraction of sp³-hybridized carbons (Fsp3) is 0.579. The summed E-state index contributed by atoms with van der Waals surface area (Å²) in [7, 11) is 1.61. The molecule has 0 bridgehead atoms. The van der Waals surface area contributed by atoms with E-state index < -0.39 is 11.4 Å². The first-order valence-corrected chi connectivity index (χ1v) is 8.84. The SMILES string of the molecule is COc1cccc(CNC(=O)C(C)N2C[C@@H]3CCC[C@@]3(C(=O)O)C2)c1.Cl. The number of halogens is 1. The van der Waals surface area contributed by atoms with Gasteiger partial charge in [0.15, 0.2) is 0 Å². The van der Waals surface area contributed by atoms with Crippen molar-refractivity contribution in [3.8, 4) is 5.75 Å². The number of nitrogens with zero attached hydrogens (tertiary/aromatic N) is 1. The molecule has 0 spiro atoms. The molecule has 1 aromatic carbocycles. The Balaban J connectivity index is 0.00000243. The Morgan fingerprint density at radius 2 is 2.23 bits per heavy atom. The summed E-state index contributed by atoms with van der Waals surface area (Å²) >= 11 is 0. The summed E-state index contributed by atoms with van der Waals surface area (Å²) in [6.07, 6.45) is 2.64. The van der Waals surface area contributed by atoms with Crippen LogP contribution < -0.4 is 10.1 Å². The highest BCUT2D eigenvalue weighted by Gasteiger charge is 2.55. The average molecular weight is 383 g/mol. The van der Waals surface area contributed by atoms with Crippen LogP contribution in [0.25, 0.3) is 0 Å². The number of hydrogen-bond acceptors (Lipinski definition) is 4. The number of benzene rings is 1. The van der Waals surface area contributed by atoms with Crippen LogP contribution in [0.2, 0.25) is 0 Å². The van der Waals surface area contributed by atoms with Crippen molar-refractivity contribution in [2.45, 2.75) is 38.8 Å². The molecule has 1 amide bonds. The van der Waals surface area contributed by atoms with Crippen LogP contribution >= 0.6 is 12.4 Å². The molecule has 0 aromatic heterocycles. The molecule has 1 heterocycles. The highest BCUT2D eigenvalue weighted by Crippen LogP contribution is 2.49. The van der Waals surface area contributed by atoms with Crippen LogP contribution in [0.1, 0.15) is 31.7 Å². The maximum Gasteiger partial charge on any atom is 0.311 e. The second-order valence-corrected chi connectivity index (χ2v) is 7.23. The molecule has 1 aliphatic heterocycles. The molecule has 1 saturated carbocycles. The summed E-state index contributed by atoms with van der Waals surface area (Å²) in [5, 5.41) is 12.6. The first kappa shape index (κ1) is 20.5. The lowest BCUT2D eigenvalue weighted by Crippen LogP contribution is -2.45. The molecule has 2 aliphatic rings. The number of nitrogens with one attached hydrogen (secondary N) is 1. The number of amides is 1. The number of fused-ring (bicyclic) bond motifs is 1. The summed E-state index contributed by atoms with van der Waals surface area (Å²) in [6, 6.07) is 7.26. The minimum absolute atomic E-state index is 0. The predicted molar refractivity (Wildman–Crippen MR) is 101 cm³/mol. The van der Waals surface area contributed by atoms with E-state index in [-0.39, 0.29) is 30.3 Å². The molecule has 6 nitrogen and oxygen atoms in total. The molecule has 144 valence electrons. The summed E-state index contributed by atoms with van der Waals surface area (Å²) in [4.78, 5) is 26.3. The van der Waals surface area contributed by atoms with E-state index >= 15 is 0 Å². The summed E-state index contributed by atoms with van der Waals surface area (Å²) in [5.74, 6) is 0.152. The molecular weight excluding hydrogens is 356 g/mol. The zero-order valence-corrected chi connectivity index (χ0v) is 16.1. The van der Waals surface area contributed by atoms with Gasteiger partial charge in [0.25, 0.3) is 0 Å². The third kappa shape index (κ3) is 3.81. The second kappa shape index (κ2) is 8.27. The molecule has 0 radical (unpaired) electrons. The minimum atomic E-state index is -0.707. The number of carboxylic acid groups (broad SMARTS) is 1. The van der Waals surface area contributed by atoms with Crippen LogP contribution in [0.3, 0.4) is 0 Å². The number of carboxylic acids is 1. The molecule has 1 unspecified atom stereocenters. The predicted octanol–water partition coefficient (Wildman–Crippen LogP) is 2.31. The molecule has 3 atom stereocenters. The lowest BCUT2D eigenvalue weighted by molar-refractivity contribution is -0.149. The van der Waals surface area contributed by atoms with Gasteiger partial charge in [-0.1, -0.05) is 18.6 Å². The van der Waals surface area contributed by atoms with Crippen molar-refractivity contribution in [1.29, 1.82) is 0 Å². The van der Waals surface area contributed by atoms with E-state index in [1.807, 2.05) is 36.1 Å². The van der Waals surface area contributed by atoms with Gasteiger partial charge < -0.3 is 15.2 Å². The maximum absolute atomic E-state index is 12.5. The van der Waals surface area contributed by atoms with Crippen molar-refractivity contribution in [1.82, 2.24) is 10.2 Å². The van der Waals surface area contributed by atoms with Gasteiger partial charge in [-0.25, -0.2) is 0 Å². The molecular formula is C19H27ClN2O4. The van der Waals surface area contributed by atoms with Crippen LogP contribution in [0.5, 0.6) is 5.75 Å². The Hall–Kier alpha value is -1.79. The Bertz CT molecular complexity index is 669. The van der Waals surface area contributed by atoms with E-state index in [1.165, 1.54) is 0 Å². The lowest BCUT2D eigenvalue weighted by Gasteiger charge is -2.26. The van der Waals surface area contributed by atoms with E-state index in [4.69, 9.17) is 4.74 Å². The maximum atomic E-state index is 12.5. The van der Waals surface area contributed by atoms with Gasteiger partial charge in [-0.15, -0.1) is 12.4 Å². The van der Waals surface area contributed by atoms with Gasteiger partial charge in [-0.3, -0.25) is 14.5 Å². The quantitative estimate of drug-likeness (QED) is 0.789. The molecule has 1 aliphatic carbocycles. The highest BCUT2D eigenvalue weighted by molar-refractivity contribution is 5.85. The Labute approximate surface area is 160 Å². The van der Waals surface area contributed by atoms with Gasteiger partial charge in [-0.2, -0.15) is 0 Å². The third-order valence-electron chi connectivity index (χ3n) is 5.85. The lowest BCUT2D eigenvalue weighted by atomic mass is 9.81.